The summed E-state index contributed by atoms with van der Waals surface area (Å²) in [5.41, 5.74) is 2.44. The Hall–Kier alpha value is -0.590. The maximum Gasteiger partial charge on any atom is 0.146 e. The Bertz CT molecular complexity index is 236. The molecule has 0 aromatic carbocycles. The van der Waals surface area contributed by atoms with Crippen LogP contribution in [0, 0.1) is 11.3 Å². The van der Waals surface area contributed by atoms with Crippen molar-refractivity contribution in [2.75, 3.05) is 0 Å². The number of allylic oxidation sites excluding steroid dienone is 2. The Morgan fingerprint density at radius 2 is 2.15 bits per heavy atom. The van der Waals surface area contributed by atoms with Crippen LogP contribution >= 0.6 is 0 Å². The van der Waals surface area contributed by atoms with Crippen molar-refractivity contribution >= 4 is 6.29 Å². The van der Waals surface area contributed by atoms with E-state index in [4.69, 9.17) is 0 Å². The van der Waals surface area contributed by atoms with Crippen LogP contribution in [0.15, 0.2) is 11.1 Å². The largest absolute Gasteiger partial charge is 0.298 e. The van der Waals surface area contributed by atoms with E-state index in [0.717, 1.165) is 18.3 Å². The normalized spacial score (nSPS) is 27.5. The summed E-state index contributed by atoms with van der Waals surface area (Å²) in [4.78, 5) is 11.0. The van der Waals surface area contributed by atoms with Crippen molar-refractivity contribution in [1.29, 1.82) is 0 Å². The molecule has 74 valence electrons. The third-order valence-corrected chi connectivity index (χ3v) is 3.65. The van der Waals surface area contributed by atoms with Crippen LogP contribution in [0.2, 0.25) is 0 Å². The summed E-state index contributed by atoms with van der Waals surface area (Å²) in [5, 5.41) is 0. The Morgan fingerprint density at radius 3 is 2.62 bits per heavy atom. The van der Waals surface area contributed by atoms with E-state index in [1.807, 2.05) is 0 Å². The van der Waals surface area contributed by atoms with E-state index < -0.39 is 0 Å². The highest BCUT2D eigenvalue weighted by atomic mass is 16.1. The summed E-state index contributed by atoms with van der Waals surface area (Å²) >= 11 is 0. The lowest BCUT2D eigenvalue weighted by atomic mass is 9.65. The summed E-state index contributed by atoms with van der Waals surface area (Å²) in [6, 6.07) is 0. The summed E-state index contributed by atoms with van der Waals surface area (Å²) in [6.07, 6.45) is 4.59. The van der Waals surface area contributed by atoms with Gasteiger partial charge in [0.05, 0.1) is 0 Å². The molecule has 0 aliphatic heterocycles. The van der Waals surface area contributed by atoms with Crippen molar-refractivity contribution < 1.29 is 4.79 Å². The molecule has 0 aromatic rings. The van der Waals surface area contributed by atoms with Crippen LogP contribution in [0.25, 0.3) is 0 Å². The van der Waals surface area contributed by atoms with Gasteiger partial charge in [0.2, 0.25) is 0 Å². The lowest BCUT2D eigenvalue weighted by Crippen LogP contribution is -2.31. The molecule has 0 bridgehead atoms. The van der Waals surface area contributed by atoms with Crippen molar-refractivity contribution in [2.45, 2.75) is 47.0 Å². The van der Waals surface area contributed by atoms with E-state index in [9.17, 15) is 4.79 Å². The maximum atomic E-state index is 11.0. The molecule has 0 spiro atoms. The quantitative estimate of drug-likeness (QED) is 0.596. The number of aldehydes is 1. The van der Waals surface area contributed by atoms with E-state index in [1.54, 1.807) is 0 Å². The minimum absolute atomic E-state index is 0.0961. The first-order valence-corrected chi connectivity index (χ1v) is 5.19. The minimum atomic E-state index is 0.0961. The van der Waals surface area contributed by atoms with E-state index >= 15 is 0 Å². The SMILES string of the molecule is CCC1CCC(C)=C(C=O)C1(C)C. The molecule has 0 aromatic heterocycles. The van der Waals surface area contributed by atoms with Crippen LogP contribution < -0.4 is 0 Å². The highest BCUT2D eigenvalue weighted by Gasteiger charge is 2.35. The van der Waals surface area contributed by atoms with Crippen molar-refractivity contribution in [3.8, 4) is 0 Å². The number of carbonyl (C=O) groups excluding carboxylic acids is 1. The van der Waals surface area contributed by atoms with Gasteiger partial charge in [0, 0.05) is 0 Å². The van der Waals surface area contributed by atoms with Crippen LogP contribution in [0.5, 0.6) is 0 Å². The molecular weight excluding hydrogens is 160 g/mol. The van der Waals surface area contributed by atoms with Crippen LogP contribution in [-0.4, -0.2) is 6.29 Å². The number of carbonyl (C=O) groups is 1. The molecule has 0 amide bonds. The van der Waals surface area contributed by atoms with Gasteiger partial charge in [-0.3, -0.25) is 4.79 Å². The number of hydrogen-bond acceptors (Lipinski definition) is 1. The zero-order valence-corrected chi connectivity index (χ0v) is 9.18. The third kappa shape index (κ3) is 1.70. The van der Waals surface area contributed by atoms with Crippen molar-refractivity contribution in [2.24, 2.45) is 11.3 Å². The van der Waals surface area contributed by atoms with Gasteiger partial charge in [-0.2, -0.15) is 0 Å². The third-order valence-electron chi connectivity index (χ3n) is 3.65. The summed E-state index contributed by atoms with van der Waals surface area (Å²) in [6.45, 7) is 8.72. The zero-order chi connectivity index (χ0) is 10.1. The predicted octanol–water partition coefficient (Wildman–Crippen LogP) is 3.35. The van der Waals surface area contributed by atoms with E-state index in [0.29, 0.717) is 5.92 Å². The Balaban J connectivity index is 3.05. The molecule has 0 heterocycles. The van der Waals surface area contributed by atoms with Gasteiger partial charge in [-0.25, -0.2) is 0 Å². The van der Waals surface area contributed by atoms with Gasteiger partial charge in [0.25, 0.3) is 0 Å². The van der Waals surface area contributed by atoms with Crippen LogP contribution in [-0.2, 0) is 4.79 Å². The molecular formula is C12H20O. The van der Waals surface area contributed by atoms with Crippen molar-refractivity contribution in [3.05, 3.63) is 11.1 Å². The van der Waals surface area contributed by atoms with Crippen LogP contribution in [0.4, 0.5) is 0 Å². The average Bonchev–Trinajstić information content (AvgIpc) is 2.04. The summed E-state index contributed by atoms with van der Waals surface area (Å²) in [7, 11) is 0. The average molecular weight is 180 g/mol. The minimum Gasteiger partial charge on any atom is -0.298 e. The molecule has 1 nitrogen and oxygen atoms in total. The molecule has 1 atom stereocenters. The number of rotatable bonds is 2. The van der Waals surface area contributed by atoms with Gasteiger partial charge in [0.1, 0.15) is 6.29 Å². The van der Waals surface area contributed by atoms with Crippen molar-refractivity contribution in [1.82, 2.24) is 0 Å². The predicted molar refractivity (Wildman–Crippen MR) is 55.6 cm³/mol. The van der Waals surface area contributed by atoms with Crippen molar-refractivity contribution in [3.63, 3.8) is 0 Å². The van der Waals surface area contributed by atoms with E-state index in [1.165, 1.54) is 18.4 Å². The molecule has 0 saturated carbocycles. The zero-order valence-electron chi connectivity index (χ0n) is 9.18. The highest BCUT2D eigenvalue weighted by molar-refractivity contribution is 5.77. The fourth-order valence-corrected chi connectivity index (χ4v) is 2.62. The lowest BCUT2D eigenvalue weighted by Gasteiger charge is -2.39. The van der Waals surface area contributed by atoms with Gasteiger partial charge < -0.3 is 0 Å². The first-order chi connectivity index (χ1) is 6.04. The number of hydrogen-bond donors (Lipinski definition) is 0. The first-order valence-electron chi connectivity index (χ1n) is 5.19. The standard InChI is InChI=1S/C12H20O/c1-5-10-7-6-9(2)11(8-13)12(10,3)4/h8,10H,5-7H2,1-4H3. The molecule has 1 heteroatoms. The lowest BCUT2D eigenvalue weighted by molar-refractivity contribution is -0.106. The monoisotopic (exact) mass is 180 g/mol. The van der Waals surface area contributed by atoms with E-state index in [-0.39, 0.29) is 5.41 Å². The van der Waals surface area contributed by atoms with Gasteiger partial charge in [-0.05, 0) is 36.7 Å². The molecule has 0 saturated heterocycles. The fourth-order valence-electron chi connectivity index (χ4n) is 2.62. The molecule has 0 radical (unpaired) electrons. The Kier molecular flexibility index (Phi) is 2.94. The Labute approximate surface area is 81.2 Å². The Morgan fingerprint density at radius 1 is 1.54 bits per heavy atom. The van der Waals surface area contributed by atoms with Gasteiger partial charge in [-0.1, -0.05) is 32.8 Å². The highest BCUT2D eigenvalue weighted by Crippen LogP contribution is 2.44. The van der Waals surface area contributed by atoms with Crippen LogP contribution in [0.3, 0.4) is 0 Å². The second-order valence-corrected chi connectivity index (χ2v) is 4.68. The second kappa shape index (κ2) is 3.65. The molecule has 1 rings (SSSR count). The summed E-state index contributed by atoms with van der Waals surface area (Å²) in [5.74, 6) is 0.677. The molecule has 1 unspecified atom stereocenters. The van der Waals surface area contributed by atoms with Crippen LogP contribution in [0.1, 0.15) is 47.0 Å². The smallest absolute Gasteiger partial charge is 0.146 e. The van der Waals surface area contributed by atoms with Gasteiger partial charge in [0.15, 0.2) is 0 Å². The molecule has 0 N–H and O–H groups in total. The topological polar surface area (TPSA) is 17.1 Å². The van der Waals surface area contributed by atoms with E-state index in [2.05, 4.69) is 27.7 Å². The molecule has 0 fully saturated rings. The van der Waals surface area contributed by atoms with Gasteiger partial charge in [-0.15, -0.1) is 0 Å². The molecule has 1 aliphatic rings. The second-order valence-electron chi connectivity index (χ2n) is 4.68. The van der Waals surface area contributed by atoms with Gasteiger partial charge >= 0.3 is 0 Å². The fraction of sp³-hybridized carbons (Fsp3) is 0.750. The molecule has 1 aliphatic carbocycles. The summed E-state index contributed by atoms with van der Waals surface area (Å²) < 4.78 is 0. The first kappa shape index (κ1) is 10.5. The molecule has 13 heavy (non-hydrogen) atoms. The maximum absolute atomic E-state index is 11.0.